The van der Waals surface area contributed by atoms with Crippen LogP contribution in [0.4, 0.5) is 0 Å². The number of hydrogen-bond donors (Lipinski definition) is 1. The summed E-state index contributed by atoms with van der Waals surface area (Å²) < 4.78 is 0. The zero-order chi connectivity index (χ0) is 15.3. The molecule has 3 rings (SSSR count). The van der Waals surface area contributed by atoms with E-state index >= 15 is 0 Å². The first-order chi connectivity index (χ1) is 10.8. The second-order valence-electron chi connectivity index (χ2n) is 5.78. The molecule has 1 aliphatic rings. The highest BCUT2D eigenvalue weighted by Gasteiger charge is 2.41. The van der Waals surface area contributed by atoms with Gasteiger partial charge in [-0.25, -0.2) is 0 Å². The van der Waals surface area contributed by atoms with Gasteiger partial charge in [0.1, 0.15) is 5.54 Å². The van der Waals surface area contributed by atoms with Gasteiger partial charge in [-0.15, -0.1) is 0 Å². The molecule has 0 radical (unpaired) electrons. The second-order valence-corrected chi connectivity index (χ2v) is 5.78. The molecule has 0 heterocycles. The highest BCUT2D eigenvalue weighted by atomic mass is 16.6. The number of Topliss-reactive ketones (excluding diaryl/α,β-unsaturated/α-hetero) is 1. The minimum Gasteiger partial charge on any atom is -0.297 e. The second kappa shape index (κ2) is 6.86. The molecule has 1 aliphatic carbocycles. The number of hydrogen-bond acceptors (Lipinski definition) is 3. The first-order valence-corrected chi connectivity index (χ1v) is 7.83. The topological polar surface area (TPSA) is 38.3 Å². The van der Waals surface area contributed by atoms with Crippen LogP contribution in [0.15, 0.2) is 60.7 Å². The number of nitrogens with one attached hydrogen (secondary N) is 1. The van der Waals surface area contributed by atoms with Gasteiger partial charge in [0.2, 0.25) is 0 Å². The molecule has 1 atom stereocenters. The van der Waals surface area contributed by atoms with Crippen molar-refractivity contribution in [3.8, 4) is 0 Å². The summed E-state index contributed by atoms with van der Waals surface area (Å²) >= 11 is 0. The quantitative estimate of drug-likeness (QED) is 0.854. The summed E-state index contributed by atoms with van der Waals surface area (Å²) in [7, 11) is 0. The van der Waals surface area contributed by atoms with E-state index in [1.165, 1.54) is 0 Å². The Labute approximate surface area is 131 Å². The summed E-state index contributed by atoms with van der Waals surface area (Å²) in [6.45, 7) is 0.447. The van der Waals surface area contributed by atoms with Gasteiger partial charge in [0.15, 0.2) is 5.78 Å². The minimum absolute atomic E-state index is 0.220. The fourth-order valence-electron chi connectivity index (χ4n) is 3.04. The first-order valence-electron chi connectivity index (χ1n) is 7.83. The van der Waals surface area contributed by atoms with Crippen LogP contribution in [0, 0.1) is 0 Å². The van der Waals surface area contributed by atoms with Crippen molar-refractivity contribution < 1.29 is 9.63 Å². The molecule has 0 aromatic heterocycles. The van der Waals surface area contributed by atoms with E-state index < -0.39 is 5.54 Å². The number of benzene rings is 2. The summed E-state index contributed by atoms with van der Waals surface area (Å²) in [6, 6.07) is 19.9. The van der Waals surface area contributed by atoms with Gasteiger partial charge in [0.05, 0.1) is 6.61 Å². The van der Waals surface area contributed by atoms with E-state index in [1.807, 2.05) is 60.7 Å². The maximum absolute atomic E-state index is 12.6. The molecule has 1 fully saturated rings. The molecular formula is C19H21NO2. The van der Waals surface area contributed by atoms with E-state index in [2.05, 4.69) is 5.48 Å². The molecule has 2 aromatic rings. The Hall–Kier alpha value is -1.97. The smallest absolute Gasteiger partial charge is 0.159 e. The maximum Gasteiger partial charge on any atom is 0.159 e. The maximum atomic E-state index is 12.6. The predicted octanol–water partition coefficient (Wildman–Crippen LogP) is 3.75. The van der Waals surface area contributed by atoms with Crippen molar-refractivity contribution in [2.45, 2.75) is 37.8 Å². The van der Waals surface area contributed by atoms with Gasteiger partial charge < -0.3 is 0 Å². The first kappa shape index (κ1) is 14.9. The normalized spacial score (nSPS) is 21.7. The van der Waals surface area contributed by atoms with Gasteiger partial charge in [-0.3, -0.25) is 9.63 Å². The van der Waals surface area contributed by atoms with Crippen LogP contribution >= 0.6 is 0 Å². The van der Waals surface area contributed by atoms with Crippen molar-refractivity contribution in [1.29, 1.82) is 0 Å². The van der Waals surface area contributed by atoms with E-state index in [0.717, 1.165) is 30.4 Å². The lowest BCUT2D eigenvalue weighted by Gasteiger charge is -2.36. The summed E-state index contributed by atoms with van der Waals surface area (Å²) in [6.07, 6.45) is 3.39. The van der Waals surface area contributed by atoms with Gasteiger partial charge in [-0.05, 0) is 24.0 Å². The molecule has 0 unspecified atom stereocenters. The number of hydroxylamine groups is 1. The van der Waals surface area contributed by atoms with Gasteiger partial charge in [0.25, 0.3) is 0 Å². The highest BCUT2D eigenvalue weighted by Crippen LogP contribution is 2.34. The molecular weight excluding hydrogens is 274 g/mol. The van der Waals surface area contributed by atoms with Crippen molar-refractivity contribution in [3.63, 3.8) is 0 Å². The fourth-order valence-corrected chi connectivity index (χ4v) is 3.04. The van der Waals surface area contributed by atoms with Gasteiger partial charge in [0, 0.05) is 6.42 Å². The van der Waals surface area contributed by atoms with Crippen LogP contribution in [0.1, 0.15) is 36.8 Å². The van der Waals surface area contributed by atoms with Crippen LogP contribution in [0.25, 0.3) is 0 Å². The minimum atomic E-state index is -0.700. The monoisotopic (exact) mass is 295 g/mol. The average molecular weight is 295 g/mol. The molecule has 114 valence electrons. The van der Waals surface area contributed by atoms with Gasteiger partial charge in [-0.1, -0.05) is 67.1 Å². The molecule has 2 aromatic carbocycles. The summed E-state index contributed by atoms with van der Waals surface area (Å²) in [5, 5.41) is 0. The Morgan fingerprint density at radius 3 is 2.32 bits per heavy atom. The van der Waals surface area contributed by atoms with Crippen LogP contribution in [-0.4, -0.2) is 5.78 Å². The van der Waals surface area contributed by atoms with Gasteiger partial charge in [-0.2, -0.15) is 5.48 Å². The number of carbonyl (C=O) groups is 1. The third-order valence-corrected chi connectivity index (χ3v) is 4.28. The van der Waals surface area contributed by atoms with Crippen LogP contribution in [0.3, 0.4) is 0 Å². The Morgan fingerprint density at radius 2 is 1.64 bits per heavy atom. The lowest BCUT2D eigenvalue weighted by Crippen LogP contribution is -2.50. The SMILES string of the molecule is O=C1CCCC[C@@]1(NOCc1ccccc1)c1ccccc1. The average Bonchev–Trinajstić information content (AvgIpc) is 2.58. The van der Waals surface area contributed by atoms with Crippen molar-refractivity contribution >= 4 is 5.78 Å². The highest BCUT2D eigenvalue weighted by molar-refractivity contribution is 5.90. The molecule has 0 saturated heterocycles. The number of rotatable bonds is 5. The predicted molar refractivity (Wildman–Crippen MR) is 86.0 cm³/mol. The van der Waals surface area contributed by atoms with Crippen LogP contribution < -0.4 is 5.48 Å². The van der Waals surface area contributed by atoms with E-state index in [-0.39, 0.29) is 5.78 Å². The summed E-state index contributed by atoms with van der Waals surface area (Å²) in [5.41, 5.74) is 4.48. The van der Waals surface area contributed by atoms with Crippen molar-refractivity contribution in [3.05, 3.63) is 71.8 Å². The molecule has 1 saturated carbocycles. The van der Waals surface area contributed by atoms with Crippen LogP contribution in [0.5, 0.6) is 0 Å². The standard InChI is InChI=1S/C19H21NO2/c21-18-13-7-8-14-19(18,17-11-5-2-6-12-17)20-22-15-16-9-3-1-4-10-16/h1-6,9-12,20H,7-8,13-15H2/t19-/m1/s1. The van der Waals surface area contributed by atoms with E-state index in [1.54, 1.807) is 0 Å². The number of ketones is 1. The molecule has 0 spiro atoms. The molecule has 3 nitrogen and oxygen atoms in total. The Kier molecular flexibility index (Phi) is 4.66. The molecule has 1 N–H and O–H groups in total. The van der Waals surface area contributed by atoms with Crippen LogP contribution in [-0.2, 0) is 21.8 Å². The van der Waals surface area contributed by atoms with Gasteiger partial charge >= 0.3 is 0 Å². The third kappa shape index (κ3) is 3.11. The molecule has 0 bridgehead atoms. The molecule has 0 aliphatic heterocycles. The van der Waals surface area contributed by atoms with E-state index in [0.29, 0.717) is 13.0 Å². The van der Waals surface area contributed by atoms with Crippen molar-refractivity contribution in [1.82, 2.24) is 5.48 Å². The van der Waals surface area contributed by atoms with E-state index in [9.17, 15) is 4.79 Å². The Morgan fingerprint density at radius 1 is 0.955 bits per heavy atom. The van der Waals surface area contributed by atoms with Crippen LogP contribution in [0.2, 0.25) is 0 Å². The Bertz CT molecular complexity index is 612. The zero-order valence-corrected chi connectivity index (χ0v) is 12.6. The third-order valence-electron chi connectivity index (χ3n) is 4.28. The lowest BCUT2D eigenvalue weighted by atomic mass is 9.76. The molecule has 3 heteroatoms. The fraction of sp³-hybridized carbons (Fsp3) is 0.316. The summed E-state index contributed by atoms with van der Waals surface area (Å²) in [5.74, 6) is 0.220. The largest absolute Gasteiger partial charge is 0.297 e. The van der Waals surface area contributed by atoms with Crippen molar-refractivity contribution in [2.75, 3.05) is 0 Å². The zero-order valence-electron chi connectivity index (χ0n) is 12.6. The lowest BCUT2D eigenvalue weighted by molar-refractivity contribution is -0.138. The number of carbonyl (C=O) groups excluding carboxylic acids is 1. The molecule has 0 amide bonds. The van der Waals surface area contributed by atoms with E-state index in [4.69, 9.17) is 4.84 Å². The molecule has 22 heavy (non-hydrogen) atoms. The summed E-state index contributed by atoms with van der Waals surface area (Å²) in [4.78, 5) is 18.3. The van der Waals surface area contributed by atoms with Crippen molar-refractivity contribution in [2.24, 2.45) is 0 Å². The Balaban J connectivity index is 1.76.